The van der Waals surface area contributed by atoms with Gasteiger partial charge in [-0.25, -0.2) is 0 Å². The number of carbonyl (C=O) groups is 4. The minimum atomic E-state index is -1.57. The van der Waals surface area contributed by atoms with E-state index in [4.69, 9.17) is 38.8 Å². The summed E-state index contributed by atoms with van der Waals surface area (Å²) in [5.74, 6) is -8.50. The van der Waals surface area contributed by atoms with Gasteiger partial charge in [-0.2, -0.15) is 0 Å². The van der Waals surface area contributed by atoms with Crippen LogP contribution in [0.3, 0.4) is 0 Å². The third-order valence-corrected chi connectivity index (χ3v) is 12.7. The number of fused-ring (bicyclic) bond motifs is 1. The normalized spacial score (nSPS) is 37.7. The van der Waals surface area contributed by atoms with Crippen molar-refractivity contribution < 1.29 is 57.3 Å². The van der Waals surface area contributed by atoms with Gasteiger partial charge in [-0.15, -0.1) is 0 Å². The molecule has 5 rings (SSSR count). The number of aliphatic hydroxyl groups is 1. The minimum absolute atomic E-state index is 0.0538. The molecule has 1 aromatic carbocycles. The van der Waals surface area contributed by atoms with Gasteiger partial charge < -0.3 is 48.8 Å². The van der Waals surface area contributed by atoms with E-state index in [0.29, 0.717) is 17.9 Å². The van der Waals surface area contributed by atoms with E-state index in [-0.39, 0.29) is 43.2 Å². The highest BCUT2D eigenvalue weighted by atomic mass is 16.7. The molecule has 0 bridgehead atoms. The van der Waals surface area contributed by atoms with Crippen LogP contribution in [0.4, 0.5) is 0 Å². The highest BCUT2D eigenvalue weighted by Gasteiger charge is 2.62. The highest BCUT2D eigenvalue weighted by Crippen LogP contribution is 2.48. The van der Waals surface area contributed by atoms with Crippen LogP contribution >= 0.6 is 0 Å². The first-order valence-corrected chi connectivity index (χ1v) is 20.4. The molecule has 326 valence electrons. The number of carbonyl (C=O) groups excluding carboxylic acids is 4. The van der Waals surface area contributed by atoms with Crippen LogP contribution < -0.4 is 5.73 Å². The number of amidine groups is 1. The van der Waals surface area contributed by atoms with E-state index in [1.807, 2.05) is 56.3 Å². The summed E-state index contributed by atoms with van der Waals surface area (Å²) in [5, 5.41) is 19.6. The molecule has 0 spiro atoms. The number of hydrogen-bond acceptors (Lipinski definition) is 15. The summed E-state index contributed by atoms with van der Waals surface area (Å²) in [4.78, 5) is 64.4. The quantitative estimate of drug-likeness (QED) is 0.112. The highest BCUT2D eigenvalue weighted by molar-refractivity contribution is 6.03. The van der Waals surface area contributed by atoms with E-state index in [2.05, 4.69) is 10.3 Å². The number of likely N-dealkylation sites (N-methyl/N-ethyl adjacent to an activating group) is 1. The van der Waals surface area contributed by atoms with Crippen molar-refractivity contribution in [3.63, 3.8) is 0 Å². The second kappa shape index (κ2) is 18.6. The molecule has 4 heterocycles. The first kappa shape index (κ1) is 45.9. The number of oxime groups is 1. The van der Waals surface area contributed by atoms with Gasteiger partial charge in [0.05, 0.1) is 17.8 Å². The predicted octanol–water partition coefficient (Wildman–Crippen LogP) is 4.30. The van der Waals surface area contributed by atoms with Crippen LogP contribution in [0.15, 0.2) is 46.1 Å². The molecule has 0 amide bonds. The summed E-state index contributed by atoms with van der Waals surface area (Å²) in [6.45, 7) is 13.3. The molecule has 3 N–H and O–H groups in total. The molecule has 16 nitrogen and oxygen atoms in total. The van der Waals surface area contributed by atoms with Gasteiger partial charge in [-0.1, -0.05) is 68.3 Å². The summed E-state index contributed by atoms with van der Waals surface area (Å²) in [6.07, 6.45) is -3.94. The Hall–Kier alpha value is -4.22. The van der Waals surface area contributed by atoms with Gasteiger partial charge in [0.15, 0.2) is 35.9 Å². The van der Waals surface area contributed by atoms with Crippen molar-refractivity contribution in [1.82, 2.24) is 10.1 Å². The molecule has 2 aromatic rings. The Morgan fingerprint density at radius 1 is 1.02 bits per heavy atom. The summed E-state index contributed by atoms with van der Waals surface area (Å²) in [6, 6.07) is 10.8. The topological polar surface area (TPSA) is 212 Å². The molecule has 1 aromatic heterocycles. The minimum Gasteiger partial charge on any atom is -0.458 e. The molecule has 0 saturated carbocycles. The largest absolute Gasteiger partial charge is 0.458 e. The number of benzene rings is 1. The van der Waals surface area contributed by atoms with Gasteiger partial charge in [-0.05, 0) is 61.1 Å². The van der Waals surface area contributed by atoms with Crippen molar-refractivity contribution >= 4 is 29.3 Å². The van der Waals surface area contributed by atoms with Gasteiger partial charge in [0.25, 0.3) is 0 Å². The van der Waals surface area contributed by atoms with Crippen molar-refractivity contribution in [1.29, 1.82) is 0 Å². The maximum absolute atomic E-state index is 14.7. The van der Waals surface area contributed by atoms with Gasteiger partial charge >= 0.3 is 11.9 Å². The first-order valence-electron chi connectivity index (χ1n) is 20.4. The third kappa shape index (κ3) is 9.41. The lowest BCUT2D eigenvalue weighted by molar-refractivity contribution is -0.295. The fourth-order valence-electron chi connectivity index (χ4n) is 9.30. The van der Waals surface area contributed by atoms with Crippen LogP contribution in [0.5, 0.6) is 0 Å². The predicted molar refractivity (Wildman–Crippen MR) is 214 cm³/mol. The summed E-state index contributed by atoms with van der Waals surface area (Å²) in [5.41, 5.74) is 5.07. The van der Waals surface area contributed by atoms with Gasteiger partial charge in [0.2, 0.25) is 0 Å². The molecule has 3 saturated heterocycles. The van der Waals surface area contributed by atoms with E-state index in [9.17, 15) is 24.3 Å². The number of ketones is 2. The number of esters is 2. The molecular weight excluding hydrogens is 764 g/mol. The van der Waals surface area contributed by atoms with Crippen molar-refractivity contribution in [2.75, 3.05) is 21.2 Å². The van der Waals surface area contributed by atoms with Crippen LogP contribution in [0.2, 0.25) is 0 Å². The molecule has 3 aliphatic rings. The molecule has 3 fully saturated rings. The number of cyclic esters (lactones) is 1. The zero-order valence-corrected chi connectivity index (χ0v) is 36.1. The number of methoxy groups -OCH3 is 1. The van der Waals surface area contributed by atoms with Crippen molar-refractivity contribution in [3.8, 4) is 11.3 Å². The standard InChI is InChI=1S/C43H62N4O12/c1-12-31-43(8)33(32(40(52)58-43)38(44)46-54-21-28-19-29(45-59-28)27-16-14-13-15-17-27)24(4)34(48)22(2)20-42(7,53-11)37(25(5)35(49)26(6)39(51)56-31)57-41-36(50)30(47(9)10)18-23(3)55-41/h13-17,19,22-26,30-33,36-37,41,50H,12,18,20-21H2,1-11H3,(H2,44,46)/t22-,23?,24-,25+,26-,30?,31-,32?,33?,36?,37-,41?,42+,43-/m1/s1. The van der Waals surface area contributed by atoms with Crippen LogP contribution in [0.25, 0.3) is 11.3 Å². The lowest BCUT2D eigenvalue weighted by Gasteiger charge is -2.47. The Morgan fingerprint density at radius 2 is 1.69 bits per heavy atom. The van der Waals surface area contributed by atoms with E-state index in [1.54, 1.807) is 47.6 Å². The maximum atomic E-state index is 14.7. The third-order valence-electron chi connectivity index (χ3n) is 12.7. The fraction of sp³-hybridized carbons (Fsp3) is 0.674. The average Bonchev–Trinajstić information content (AvgIpc) is 3.79. The number of Topliss-reactive ketones (excluding diaryl/α,β-unsaturated/α-hetero) is 2. The number of nitrogens with zero attached hydrogens (tertiary/aromatic N) is 3. The van der Waals surface area contributed by atoms with Crippen molar-refractivity contribution in [3.05, 3.63) is 42.2 Å². The Balaban J connectivity index is 1.49. The molecule has 16 heteroatoms. The number of nitrogens with two attached hydrogens (primary N) is 1. The Labute approximate surface area is 346 Å². The van der Waals surface area contributed by atoms with Crippen LogP contribution in [-0.2, 0) is 54.3 Å². The maximum Gasteiger partial charge on any atom is 0.317 e. The van der Waals surface area contributed by atoms with Gasteiger partial charge in [0, 0.05) is 48.5 Å². The second-order valence-electron chi connectivity index (χ2n) is 17.1. The molecule has 59 heavy (non-hydrogen) atoms. The molecule has 0 aliphatic carbocycles. The van der Waals surface area contributed by atoms with Crippen molar-refractivity contribution in [2.45, 2.75) is 129 Å². The molecular formula is C43H62N4O12. The number of aliphatic hydroxyl groups excluding tert-OH is 1. The number of ether oxygens (including phenoxy) is 5. The first-order chi connectivity index (χ1) is 27.8. The Bertz CT molecular complexity index is 1840. The summed E-state index contributed by atoms with van der Waals surface area (Å²) in [7, 11) is 5.16. The van der Waals surface area contributed by atoms with Crippen LogP contribution in [0.1, 0.15) is 80.4 Å². The summed E-state index contributed by atoms with van der Waals surface area (Å²) < 4.78 is 36.4. The average molecular weight is 827 g/mol. The Kier molecular flexibility index (Phi) is 14.4. The SMILES string of the molecule is CC[C@H]1OC(=O)[C@H](C)C(=O)[C@H](C)[C@@H](OC2OC(C)CC(N(C)C)C2O)[C@@](C)(OC)C[C@@H](C)C(=O)[C@H](C)C2C(/C(N)=N\OCc3cc(-c4ccccc4)no3)C(=O)O[C@@]21C. The fourth-order valence-corrected chi connectivity index (χ4v) is 9.30. The lowest BCUT2D eigenvalue weighted by atomic mass is 9.67. The molecule has 6 unspecified atom stereocenters. The van der Waals surface area contributed by atoms with Gasteiger partial charge in [-0.3, -0.25) is 19.2 Å². The molecule has 0 radical (unpaired) electrons. The van der Waals surface area contributed by atoms with Crippen molar-refractivity contribution in [2.24, 2.45) is 46.4 Å². The van der Waals surface area contributed by atoms with Crippen LogP contribution in [0, 0.1) is 35.5 Å². The number of aromatic nitrogens is 1. The molecule has 3 aliphatic heterocycles. The Morgan fingerprint density at radius 3 is 2.32 bits per heavy atom. The number of rotatable bonds is 10. The number of hydrogen-bond donors (Lipinski definition) is 2. The van der Waals surface area contributed by atoms with Crippen LogP contribution in [-0.4, -0.2) is 114 Å². The van der Waals surface area contributed by atoms with E-state index >= 15 is 0 Å². The zero-order chi connectivity index (χ0) is 43.6. The van der Waals surface area contributed by atoms with E-state index in [1.165, 1.54) is 14.0 Å². The van der Waals surface area contributed by atoms with E-state index in [0.717, 1.165) is 5.56 Å². The second-order valence-corrected chi connectivity index (χ2v) is 17.1. The summed E-state index contributed by atoms with van der Waals surface area (Å²) >= 11 is 0. The lowest BCUT2D eigenvalue weighted by Crippen LogP contribution is -2.59. The van der Waals surface area contributed by atoms with Gasteiger partial charge in [0.1, 0.15) is 35.5 Å². The van der Waals surface area contributed by atoms with E-state index < -0.39 is 89.0 Å². The zero-order valence-electron chi connectivity index (χ0n) is 36.1. The molecule has 14 atom stereocenters. The smallest absolute Gasteiger partial charge is 0.317 e. The monoisotopic (exact) mass is 826 g/mol.